The van der Waals surface area contributed by atoms with E-state index in [0.29, 0.717) is 0 Å². The molecule has 0 bridgehead atoms. The summed E-state index contributed by atoms with van der Waals surface area (Å²) >= 11 is 0. The van der Waals surface area contributed by atoms with E-state index in [9.17, 15) is 4.57 Å². The molecule has 3 nitrogen and oxygen atoms in total. The summed E-state index contributed by atoms with van der Waals surface area (Å²) < 4.78 is 15.5. The van der Waals surface area contributed by atoms with Crippen molar-refractivity contribution < 1.29 is 14.2 Å². The third-order valence-corrected chi connectivity index (χ3v) is 2.14. The maximum absolute atomic E-state index is 10.3. The molecule has 1 unspecified atom stereocenters. The lowest BCUT2D eigenvalue weighted by Crippen LogP contribution is -1.99. The molecule has 13 heavy (non-hydrogen) atoms. The predicted octanol–water partition coefficient (Wildman–Crippen LogP) is 2.11. The molecule has 0 aromatic heterocycles. The van der Waals surface area contributed by atoms with Gasteiger partial charge in [0.1, 0.15) is 12.4 Å². The molecule has 1 atom stereocenters. The van der Waals surface area contributed by atoms with Crippen LogP contribution in [0.3, 0.4) is 0 Å². The van der Waals surface area contributed by atoms with E-state index in [-0.39, 0.29) is 12.8 Å². The fourth-order valence-electron chi connectivity index (χ4n) is 0.876. The Balaban J connectivity index is 2.37. The van der Waals surface area contributed by atoms with Crippen molar-refractivity contribution in [2.75, 3.05) is 12.8 Å². The molecule has 1 aromatic carbocycles. The van der Waals surface area contributed by atoms with Crippen LogP contribution >= 0.6 is 8.03 Å². The maximum Gasteiger partial charge on any atom is 0.509 e. The highest BCUT2D eigenvalue weighted by Crippen LogP contribution is 2.14. The average Bonchev–Trinajstić information content (AvgIpc) is 2.08. The molecule has 0 fully saturated rings. The van der Waals surface area contributed by atoms with Crippen LogP contribution in [0.15, 0.2) is 24.3 Å². The molecule has 70 valence electrons. The second-order valence-electron chi connectivity index (χ2n) is 2.74. The van der Waals surface area contributed by atoms with Gasteiger partial charge in [0.15, 0.2) is 0 Å². The van der Waals surface area contributed by atoms with E-state index in [1.165, 1.54) is 5.56 Å². The van der Waals surface area contributed by atoms with Crippen molar-refractivity contribution in [3.05, 3.63) is 29.8 Å². The van der Waals surface area contributed by atoms with Gasteiger partial charge in [-0.2, -0.15) is 4.89 Å². The van der Waals surface area contributed by atoms with Gasteiger partial charge >= 0.3 is 8.03 Å². The highest BCUT2D eigenvalue weighted by Gasteiger charge is 2.08. The summed E-state index contributed by atoms with van der Waals surface area (Å²) in [4.78, 5) is 8.50. The van der Waals surface area contributed by atoms with Crippen LogP contribution in [0.2, 0.25) is 0 Å². The summed E-state index contributed by atoms with van der Waals surface area (Å²) in [6.07, 6.45) is 0.184. The van der Waals surface area contributed by atoms with Gasteiger partial charge in [-0.25, -0.2) is 0 Å². The third-order valence-electron chi connectivity index (χ3n) is 1.57. The smallest absolute Gasteiger partial charge is 0.489 e. The van der Waals surface area contributed by atoms with Gasteiger partial charge in [-0.1, -0.05) is 17.7 Å². The second-order valence-corrected chi connectivity index (χ2v) is 3.89. The predicted molar refractivity (Wildman–Crippen MR) is 51.4 cm³/mol. The van der Waals surface area contributed by atoms with Crippen LogP contribution in [-0.4, -0.2) is 17.7 Å². The molecular formula is C9H12O3P+. The SMILES string of the molecule is Cc1ccc(OCC[P+](=O)O)cc1. The van der Waals surface area contributed by atoms with E-state index in [1.807, 2.05) is 31.2 Å². The molecule has 0 aliphatic heterocycles. The van der Waals surface area contributed by atoms with Crippen molar-refractivity contribution in [2.24, 2.45) is 0 Å². The summed E-state index contributed by atoms with van der Waals surface area (Å²) in [6.45, 7) is 2.28. The van der Waals surface area contributed by atoms with Gasteiger partial charge in [-0.05, 0) is 23.6 Å². The largest absolute Gasteiger partial charge is 0.509 e. The van der Waals surface area contributed by atoms with E-state index in [4.69, 9.17) is 9.63 Å². The minimum absolute atomic E-state index is 0.184. The number of ether oxygens (including phenoxy) is 1. The second kappa shape index (κ2) is 4.95. The molecule has 0 spiro atoms. The minimum atomic E-state index is -2.08. The zero-order valence-electron chi connectivity index (χ0n) is 7.43. The van der Waals surface area contributed by atoms with Crippen LogP contribution < -0.4 is 4.74 Å². The van der Waals surface area contributed by atoms with Gasteiger partial charge in [0.2, 0.25) is 6.16 Å². The zero-order chi connectivity index (χ0) is 9.68. The molecule has 0 aliphatic carbocycles. The molecular weight excluding hydrogens is 187 g/mol. The molecule has 1 N–H and O–H groups in total. The highest BCUT2D eigenvalue weighted by atomic mass is 31.1. The van der Waals surface area contributed by atoms with Gasteiger partial charge in [-0.3, -0.25) is 0 Å². The Morgan fingerprint density at radius 3 is 2.54 bits per heavy atom. The van der Waals surface area contributed by atoms with E-state index in [0.717, 1.165) is 5.75 Å². The van der Waals surface area contributed by atoms with E-state index < -0.39 is 8.03 Å². The number of hydrogen-bond acceptors (Lipinski definition) is 2. The lowest BCUT2D eigenvalue weighted by Gasteiger charge is -2.01. The molecule has 0 heterocycles. The van der Waals surface area contributed by atoms with Crippen LogP contribution in [0.1, 0.15) is 5.56 Å². The number of hydrogen-bond donors (Lipinski definition) is 1. The molecule has 0 saturated carbocycles. The summed E-state index contributed by atoms with van der Waals surface area (Å²) in [5.41, 5.74) is 1.17. The Labute approximate surface area is 78.2 Å². The minimum Gasteiger partial charge on any atom is -0.489 e. The molecule has 1 aromatic rings. The Bertz CT molecular complexity index is 281. The maximum atomic E-state index is 10.3. The monoisotopic (exact) mass is 199 g/mol. The van der Waals surface area contributed by atoms with Crippen LogP contribution in [0, 0.1) is 6.92 Å². The van der Waals surface area contributed by atoms with Crippen molar-refractivity contribution in [2.45, 2.75) is 6.92 Å². The van der Waals surface area contributed by atoms with Crippen LogP contribution in [0.25, 0.3) is 0 Å². The van der Waals surface area contributed by atoms with Crippen molar-refractivity contribution in [3.63, 3.8) is 0 Å². The molecule has 0 radical (unpaired) electrons. The lowest BCUT2D eigenvalue weighted by atomic mass is 10.2. The fraction of sp³-hybridized carbons (Fsp3) is 0.333. The summed E-state index contributed by atoms with van der Waals surface area (Å²) in [6, 6.07) is 7.57. The molecule has 4 heteroatoms. The average molecular weight is 199 g/mol. The van der Waals surface area contributed by atoms with E-state index in [1.54, 1.807) is 0 Å². The van der Waals surface area contributed by atoms with Crippen LogP contribution in [0.4, 0.5) is 0 Å². The van der Waals surface area contributed by atoms with Crippen LogP contribution in [0.5, 0.6) is 5.75 Å². The number of benzene rings is 1. The van der Waals surface area contributed by atoms with Crippen molar-refractivity contribution in [1.82, 2.24) is 0 Å². The van der Waals surface area contributed by atoms with Crippen molar-refractivity contribution in [1.29, 1.82) is 0 Å². The quantitative estimate of drug-likeness (QED) is 0.755. The Hall–Kier alpha value is -0.920. The summed E-state index contributed by atoms with van der Waals surface area (Å²) in [5.74, 6) is 0.738. The van der Waals surface area contributed by atoms with Crippen LogP contribution in [-0.2, 0) is 4.57 Å². The molecule has 0 aliphatic rings. The molecule has 1 rings (SSSR count). The summed E-state index contributed by atoms with van der Waals surface area (Å²) in [5, 5.41) is 0. The third kappa shape index (κ3) is 4.02. The van der Waals surface area contributed by atoms with E-state index >= 15 is 0 Å². The Morgan fingerprint density at radius 1 is 1.38 bits per heavy atom. The topological polar surface area (TPSA) is 46.5 Å². The van der Waals surface area contributed by atoms with Gasteiger partial charge in [0.05, 0.1) is 0 Å². The summed E-state index contributed by atoms with van der Waals surface area (Å²) in [7, 11) is -2.08. The first-order valence-corrected chi connectivity index (χ1v) is 5.41. The lowest BCUT2D eigenvalue weighted by molar-refractivity contribution is 0.337. The number of aryl methyl sites for hydroxylation is 1. The van der Waals surface area contributed by atoms with Crippen molar-refractivity contribution >= 4 is 8.03 Å². The molecule has 0 saturated heterocycles. The zero-order valence-corrected chi connectivity index (χ0v) is 8.33. The normalized spacial score (nSPS) is 11.1. The number of rotatable bonds is 4. The first kappa shape index (κ1) is 10.2. The first-order valence-electron chi connectivity index (χ1n) is 4.01. The van der Waals surface area contributed by atoms with Crippen molar-refractivity contribution in [3.8, 4) is 5.75 Å². The standard InChI is InChI=1S/C9H11O3P/c1-8-2-4-9(5-3-8)12-6-7-13(10)11/h2-5H,6-7H2,1H3/p+1. The van der Waals surface area contributed by atoms with Gasteiger partial charge in [0, 0.05) is 0 Å². The van der Waals surface area contributed by atoms with Gasteiger partial charge in [-0.15, -0.1) is 0 Å². The van der Waals surface area contributed by atoms with Gasteiger partial charge in [0.25, 0.3) is 0 Å². The first-order chi connectivity index (χ1) is 6.18. The van der Waals surface area contributed by atoms with E-state index in [2.05, 4.69) is 0 Å². The Morgan fingerprint density at radius 2 is 2.00 bits per heavy atom. The fourth-order valence-corrected chi connectivity index (χ4v) is 1.12. The van der Waals surface area contributed by atoms with Gasteiger partial charge < -0.3 is 4.74 Å². The molecule has 0 amide bonds. The highest BCUT2D eigenvalue weighted by molar-refractivity contribution is 7.38. The Kier molecular flexibility index (Phi) is 3.87.